The van der Waals surface area contributed by atoms with E-state index in [-0.39, 0.29) is 18.1 Å². The summed E-state index contributed by atoms with van der Waals surface area (Å²) >= 11 is 0. The molecule has 2 aromatic rings. The smallest absolute Gasteiger partial charge is 0.251 e. The molecule has 1 heterocycles. The van der Waals surface area contributed by atoms with Gasteiger partial charge in [-0.05, 0) is 56.2 Å². The van der Waals surface area contributed by atoms with E-state index < -0.39 is 0 Å². The van der Waals surface area contributed by atoms with Gasteiger partial charge in [-0.1, -0.05) is 18.2 Å². The maximum absolute atomic E-state index is 12.3. The highest BCUT2D eigenvalue weighted by molar-refractivity contribution is 5.94. The summed E-state index contributed by atoms with van der Waals surface area (Å²) in [6, 6.07) is 16.7. The maximum atomic E-state index is 12.3. The van der Waals surface area contributed by atoms with Crippen molar-refractivity contribution in [2.24, 2.45) is 0 Å². The quantitative estimate of drug-likeness (QED) is 0.914. The zero-order valence-electron chi connectivity index (χ0n) is 13.2. The van der Waals surface area contributed by atoms with Gasteiger partial charge in [0.05, 0.1) is 12.1 Å². The van der Waals surface area contributed by atoms with Crippen molar-refractivity contribution in [3.05, 3.63) is 60.2 Å². The Balaban J connectivity index is 1.59. The molecule has 1 aliphatic rings. The minimum Gasteiger partial charge on any atom is -0.457 e. The van der Waals surface area contributed by atoms with Crippen LogP contribution in [0.25, 0.3) is 0 Å². The number of benzene rings is 2. The van der Waals surface area contributed by atoms with Gasteiger partial charge in [-0.3, -0.25) is 4.79 Å². The van der Waals surface area contributed by atoms with Gasteiger partial charge in [0.2, 0.25) is 0 Å². The first-order valence-electron chi connectivity index (χ1n) is 7.98. The van der Waals surface area contributed by atoms with E-state index >= 15 is 0 Å². The maximum Gasteiger partial charge on any atom is 0.251 e. The summed E-state index contributed by atoms with van der Waals surface area (Å²) in [4.78, 5) is 12.3. The van der Waals surface area contributed by atoms with Crippen LogP contribution >= 0.6 is 0 Å². The molecule has 120 valence electrons. The summed E-state index contributed by atoms with van der Waals surface area (Å²) in [6.45, 7) is 2.77. The van der Waals surface area contributed by atoms with Gasteiger partial charge in [-0.25, -0.2) is 0 Å². The lowest BCUT2D eigenvalue weighted by Crippen LogP contribution is -2.40. The van der Waals surface area contributed by atoms with Crippen molar-refractivity contribution >= 4 is 5.91 Å². The highest BCUT2D eigenvalue weighted by Crippen LogP contribution is 2.21. The minimum atomic E-state index is -0.0840. The van der Waals surface area contributed by atoms with Crippen LogP contribution in [0.3, 0.4) is 0 Å². The molecule has 2 atom stereocenters. The number of rotatable bonds is 5. The largest absolute Gasteiger partial charge is 0.457 e. The predicted octanol–water partition coefficient (Wildman–Crippen LogP) is 3.78. The summed E-state index contributed by atoms with van der Waals surface area (Å²) in [6.07, 6.45) is 2.20. The Bertz CT molecular complexity index is 633. The van der Waals surface area contributed by atoms with Crippen LogP contribution in [0.2, 0.25) is 0 Å². The molecule has 0 aromatic heterocycles. The molecule has 1 amide bonds. The number of carbonyl (C=O) groups excluding carboxylic acids is 1. The summed E-state index contributed by atoms with van der Waals surface area (Å²) in [5, 5.41) is 3.00. The first kappa shape index (κ1) is 15.6. The van der Waals surface area contributed by atoms with Gasteiger partial charge in [-0.2, -0.15) is 0 Å². The van der Waals surface area contributed by atoms with Crippen molar-refractivity contribution in [3.63, 3.8) is 0 Å². The normalized spacial score (nSPS) is 18.4. The second kappa shape index (κ2) is 7.29. The van der Waals surface area contributed by atoms with E-state index in [1.807, 2.05) is 37.3 Å². The molecule has 4 nitrogen and oxygen atoms in total. The van der Waals surface area contributed by atoms with Crippen LogP contribution in [0, 0.1) is 0 Å². The summed E-state index contributed by atoms with van der Waals surface area (Å²) in [5.74, 6) is 1.40. The molecule has 1 fully saturated rings. The van der Waals surface area contributed by atoms with Crippen LogP contribution in [0.5, 0.6) is 11.5 Å². The zero-order valence-corrected chi connectivity index (χ0v) is 13.2. The van der Waals surface area contributed by atoms with Crippen molar-refractivity contribution < 1.29 is 14.3 Å². The first-order valence-corrected chi connectivity index (χ1v) is 7.98. The molecule has 1 saturated heterocycles. The van der Waals surface area contributed by atoms with Crippen LogP contribution in [-0.4, -0.2) is 24.7 Å². The number of hydrogen-bond acceptors (Lipinski definition) is 3. The molecule has 0 aliphatic carbocycles. The third kappa shape index (κ3) is 4.11. The van der Waals surface area contributed by atoms with Crippen LogP contribution in [-0.2, 0) is 4.74 Å². The summed E-state index contributed by atoms with van der Waals surface area (Å²) in [7, 11) is 0. The highest BCUT2D eigenvalue weighted by atomic mass is 16.5. The van der Waals surface area contributed by atoms with Gasteiger partial charge >= 0.3 is 0 Å². The fraction of sp³-hybridized carbons (Fsp3) is 0.316. The molecule has 0 radical (unpaired) electrons. The van der Waals surface area contributed by atoms with Gasteiger partial charge < -0.3 is 14.8 Å². The Morgan fingerprint density at radius 2 is 1.83 bits per heavy atom. The number of hydrogen-bond donors (Lipinski definition) is 1. The van der Waals surface area contributed by atoms with Crippen LogP contribution in [0.15, 0.2) is 54.6 Å². The number of para-hydroxylation sites is 1. The van der Waals surface area contributed by atoms with Crippen molar-refractivity contribution in [2.75, 3.05) is 6.61 Å². The monoisotopic (exact) mass is 311 g/mol. The van der Waals surface area contributed by atoms with Crippen molar-refractivity contribution in [1.82, 2.24) is 5.32 Å². The molecule has 0 unspecified atom stereocenters. The first-order chi connectivity index (χ1) is 11.2. The number of carbonyl (C=O) groups is 1. The van der Waals surface area contributed by atoms with Crippen molar-refractivity contribution in [3.8, 4) is 11.5 Å². The van der Waals surface area contributed by atoms with Crippen molar-refractivity contribution in [2.45, 2.75) is 31.9 Å². The average molecular weight is 311 g/mol. The van der Waals surface area contributed by atoms with Gasteiger partial charge in [0, 0.05) is 12.2 Å². The van der Waals surface area contributed by atoms with Crippen LogP contribution in [0.4, 0.5) is 0 Å². The topological polar surface area (TPSA) is 47.6 Å². The molecular formula is C19H21NO3. The molecule has 1 aliphatic heterocycles. The molecule has 0 saturated carbocycles. The van der Waals surface area contributed by atoms with E-state index in [2.05, 4.69) is 5.32 Å². The Labute approximate surface area is 136 Å². The molecule has 2 aromatic carbocycles. The van der Waals surface area contributed by atoms with E-state index in [0.717, 1.165) is 25.2 Å². The van der Waals surface area contributed by atoms with E-state index in [0.29, 0.717) is 11.3 Å². The highest BCUT2D eigenvalue weighted by Gasteiger charge is 2.23. The molecule has 0 spiro atoms. The fourth-order valence-corrected chi connectivity index (χ4v) is 2.68. The standard InChI is InChI=1S/C19H21NO3/c1-14(18-8-5-13-22-18)20-19(21)15-9-11-17(12-10-15)23-16-6-3-2-4-7-16/h2-4,6-7,9-12,14,18H,5,8,13H2,1H3,(H,20,21)/t14-,18+/m1/s1. The van der Waals surface area contributed by atoms with E-state index in [4.69, 9.17) is 9.47 Å². The molecular weight excluding hydrogens is 290 g/mol. The molecule has 4 heteroatoms. The van der Waals surface area contributed by atoms with Crippen LogP contribution in [0.1, 0.15) is 30.1 Å². The lowest BCUT2D eigenvalue weighted by Gasteiger charge is -2.20. The molecule has 3 rings (SSSR count). The molecule has 23 heavy (non-hydrogen) atoms. The lowest BCUT2D eigenvalue weighted by atomic mass is 10.1. The molecule has 0 bridgehead atoms. The number of nitrogens with one attached hydrogen (secondary N) is 1. The Morgan fingerprint density at radius 3 is 2.48 bits per heavy atom. The van der Waals surface area contributed by atoms with Gasteiger partial charge in [-0.15, -0.1) is 0 Å². The van der Waals surface area contributed by atoms with Crippen LogP contribution < -0.4 is 10.1 Å². The lowest BCUT2D eigenvalue weighted by molar-refractivity contribution is 0.0712. The Kier molecular flexibility index (Phi) is 4.93. The Morgan fingerprint density at radius 1 is 1.13 bits per heavy atom. The Hall–Kier alpha value is -2.33. The third-order valence-corrected chi connectivity index (χ3v) is 3.98. The third-order valence-electron chi connectivity index (χ3n) is 3.98. The predicted molar refractivity (Wildman–Crippen MR) is 88.9 cm³/mol. The van der Waals surface area contributed by atoms with Gasteiger partial charge in [0.15, 0.2) is 0 Å². The van der Waals surface area contributed by atoms with E-state index in [9.17, 15) is 4.79 Å². The second-order valence-corrected chi connectivity index (χ2v) is 5.75. The fourth-order valence-electron chi connectivity index (χ4n) is 2.68. The van der Waals surface area contributed by atoms with Gasteiger partial charge in [0.25, 0.3) is 5.91 Å². The van der Waals surface area contributed by atoms with E-state index in [1.165, 1.54) is 0 Å². The summed E-state index contributed by atoms with van der Waals surface area (Å²) < 4.78 is 11.3. The summed E-state index contributed by atoms with van der Waals surface area (Å²) in [5.41, 5.74) is 0.621. The zero-order chi connectivity index (χ0) is 16.1. The van der Waals surface area contributed by atoms with E-state index in [1.54, 1.807) is 24.3 Å². The second-order valence-electron chi connectivity index (χ2n) is 5.75. The average Bonchev–Trinajstić information content (AvgIpc) is 3.11. The van der Waals surface area contributed by atoms with Gasteiger partial charge in [0.1, 0.15) is 11.5 Å². The molecule has 1 N–H and O–H groups in total. The number of amides is 1. The number of ether oxygens (including phenoxy) is 2. The van der Waals surface area contributed by atoms with Crippen molar-refractivity contribution in [1.29, 1.82) is 0 Å². The minimum absolute atomic E-state index is 0.0187. The SMILES string of the molecule is C[C@@H](NC(=O)c1ccc(Oc2ccccc2)cc1)[C@@H]1CCCO1.